The quantitative estimate of drug-likeness (QED) is 0.742. The Morgan fingerprint density at radius 2 is 2.00 bits per heavy atom. The van der Waals surface area contributed by atoms with Gasteiger partial charge in [0.05, 0.1) is 23.5 Å². The highest BCUT2D eigenvalue weighted by atomic mass is 32.1. The summed E-state index contributed by atoms with van der Waals surface area (Å²) in [6.07, 6.45) is 2.75. The molecule has 1 amide bonds. The lowest BCUT2D eigenvalue weighted by Gasteiger charge is -2.05. The summed E-state index contributed by atoms with van der Waals surface area (Å²) < 4.78 is 5.09. The Bertz CT molecular complexity index is 801. The molecule has 2 heterocycles. The Kier molecular flexibility index (Phi) is 5.18. The van der Waals surface area contributed by atoms with Crippen LogP contribution >= 0.6 is 11.3 Å². The number of methoxy groups -OCH3 is 1. The zero-order chi connectivity index (χ0) is 16.8. The number of carbonyl (C=O) groups excluding carboxylic acids is 1. The Hall–Kier alpha value is -2.73. The average molecular weight is 339 g/mol. The van der Waals surface area contributed by atoms with Gasteiger partial charge in [0.15, 0.2) is 0 Å². The van der Waals surface area contributed by atoms with Crippen LogP contribution in [0.4, 0.5) is 5.69 Å². The first-order valence-corrected chi connectivity index (χ1v) is 8.42. The Morgan fingerprint density at radius 1 is 1.17 bits per heavy atom. The predicted molar refractivity (Wildman–Crippen MR) is 95.3 cm³/mol. The molecule has 0 unspecified atom stereocenters. The fourth-order valence-corrected chi connectivity index (χ4v) is 2.97. The second-order valence-corrected chi connectivity index (χ2v) is 6.06. The Morgan fingerprint density at radius 3 is 2.71 bits per heavy atom. The number of pyridine rings is 1. The fraction of sp³-hybridized carbons (Fsp3) is 0.167. The summed E-state index contributed by atoms with van der Waals surface area (Å²) in [5.41, 5.74) is 2.46. The molecule has 3 aromatic rings. The molecule has 0 aliphatic heterocycles. The number of hydrogen-bond acceptors (Lipinski definition) is 5. The molecule has 2 aromatic heterocycles. The topological polar surface area (TPSA) is 64.1 Å². The van der Waals surface area contributed by atoms with Gasteiger partial charge < -0.3 is 10.1 Å². The van der Waals surface area contributed by atoms with Gasteiger partial charge in [0, 0.05) is 30.1 Å². The molecule has 6 heteroatoms. The first-order valence-electron chi connectivity index (χ1n) is 7.54. The largest absolute Gasteiger partial charge is 0.497 e. The number of aryl methyl sites for hydroxylation is 1. The first-order chi connectivity index (χ1) is 11.7. The molecule has 122 valence electrons. The van der Waals surface area contributed by atoms with Crippen molar-refractivity contribution in [2.24, 2.45) is 0 Å². The lowest BCUT2D eigenvalue weighted by Crippen LogP contribution is -2.12. The lowest BCUT2D eigenvalue weighted by molar-refractivity contribution is -0.116. The maximum Gasteiger partial charge on any atom is 0.224 e. The number of carbonyl (C=O) groups is 1. The van der Waals surface area contributed by atoms with E-state index in [4.69, 9.17) is 4.74 Å². The number of amides is 1. The molecule has 0 saturated heterocycles. The third kappa shape index (κ3) is 4.17. The van der Waals surface area contributed by atoms with Gasteiger partial charge >= 0.3 is 0 Å². The normalized spacial score (nSPS) is 10.4. The summed E-state index contributed by atoms with van der Waals surface area (Å²) in [5.74, 6) is 0.729. The van der Waals surface area contributed by atoms with Crippen molar-refractivity contribution in [3.05, 3.63) is 59.0 Å². The zero-order valence-electron chi connectivity index (χ0n) is 13.2. The molecule has 0 aliphatic carbocycles. The third-order valence-corrected chi connectivity index (χ3v) is 4.33. The number of nitrogens with one attached hydrogen (secondary N) is 1. The van der Waals surface area contributed by atoms with Crippen LogP contribution in [0.1, 0.15) is 11.4 Å². The summed E-state index contributed by atoms with van der Waals surface area (Å²) >= 11 is 1.55. The molecular weight excluding hydrogens is 322 g/mol. The lowest BCUT2D eigenvalue weighted by atomic mass is 10.2. The SMILES string of the molecule is COc1ccc(NC(=O)CCc2nc(-c3ccccn3)cs2)cc1. The molecule has 1 aromatic carbocycles. The number of nitrogens with zero attached hydrogens (tertiary/aromatic N) is 2. The van der Waals surface area contributed by atoms with Crippen LogP contribution in [0.15, 0.2) is 54.0 Å². The molecule has 0 aliphatic rings. The minimum absolute atomic E-state index is 0.0326. The highest BCUT2D eigenvalue weighted by Crippen LogP contribution is 2.21. The number of rotatable bonds is 6. The van der Waals surface area contributed by atoms with E-state index in [9.17, 15) is 4.79 Å². The van der Waals surface area contributed by atoms with Gasteiger partial charge in [-0.2, -0.15) is 0 Å². The third-order valence-electron chi connectivity index (χ3n) is 3.42. The second kappa shape index (κ2) is 7.70. The molecule has 0 spiro atoms. The van der Waals surface area contributed by atoms with Gasteiger partial charge in [0.1, 0.15) is 5.75 Å². The molecule has 0 saturated carbocycles. The van der Waals surface area contributed by atoms with Crippen molar-refractivity contribution in [2.75, 3.05) is 12.4 Å². The van der Waals surface area contributed by atoms with Gasteiger partial charge in [0.2, 0.25) is 5.91 Å². The van der Waals surface area contributed by atoms with E-state index in [-0.39, 0.29) is 5.91 Å². The van der Waals surface area contributed by atoms with Crippen LogP contribution < -0.4 is 10.1 Å². The van der Waals surface area contributed by atoms with E-state index in [0.29, 0.717) is 12.8 Å². The van der Waals surface area contributed by atoms with Crippen molar-refractivity contribution >= 4 is 22.9 Å². The van der Waals surface area contributed by atoms with E-state index in [2.05, 4.69) is 15.3 Å². The van der Waals surface area contributed by atoms with E-state index in [1.54, 1.807) is 24.6 Å². The number of aromatic nitrogens is 2. The van der Waals surface area contributed by atoms with Gasteiger partial charge in [-0.15, -0.1) is 11.3 Å². The number of thiazole rings is 1. The van der Waals surface area contributed by atoms with Crippen LogP contribution in [0.5, 0.6) is 5.75 Å². The minimum atomic E-state index is -0.0326. The fourth-order valence-electron chi connectivity index (χ4n) is 2.18. The standard InChI is InChI=1S/C18H17N3O2S/c1-23-14-7-5-13(6-8-14)20-17(22)9-10-18-21-16(12-24-18)15-4-2-3-11-19-15/h2-8,11-12H,9-10H2,1H3,(H,20,22). The summed E-state index contributed by atoms with van der Waals surface area (Å²) in [7, 11) is 1.61. The van der Waals surface area contributed by atoms with Crippen molar-refractivity contribution in [1.82, 2.24) is 9.97 Å². The Balaban J connectivity index is 1.53. The van der Waals surface area contributed by atoms with E-state index < -0.39 is 0 Å². The summed E-state index contributed by atoms with van der Waals surface area (Å²) in [6, 6.07) is 13.0. The molecule has 0 bridgehead atoms. The molecule has 0 atom stereocenters. The number of hydrogen-bond donors (Lipinski definition) is 1. The van der Waals surface area contributed by atoms with Gasteiger partial charge in [-0.25, -0.2) is 4.98 Å². The summed E-state index contributed by atoms with van der Waals surface area (Å²) in [4.78, 5) is 20.9. The predicted octanol–water partition coefficient (Wildman–Crippen LogP) is 3.79. The van der Waals surface area contributed by atoms with Crippen molar-refractivity contribution in [1.29, 1.82) is 0 Å². The van der Waals surface area contributed by atoms with Crippen LogP contribution in [-0.4, -0.2) is 23.0 Å². The summed E-state index contributed by atoms with van der Waals surface area (Å²) in [5, 5.41) is 5.77. The van der Waals surface area contributed by atoms with Crippen LogP contribution in [0.3, 0.4) is 0 Å². The van der Waals surface area contributed by atoms with Gasteiger partial charge in [-0.3, -0.25) is 9.78 Å². The van der Waals surface area contributed by atoms with Crippen LogP contribution in [0.2, 0.25) is 0 Å². The highest BCUT2D eigenvalue weighted by molar-refractivity contribution is 7.09. The molecule has 0 fully saturated rings. The number of anilines is 1. The molecule has 24 heavy (non-hydrogen) atoms. The molecule has 1 N–H and O–H groups in total. The van der Waals surface area contributed by atoms with Crippen LogP contribution in [0, 0.1) is 0 Å². The second-order valence-electron chi connectivity index (χ2n) is 5.12. The van der Waals surface area contributed by atoms with Crippen molar-refractivity contribution in [3.8, 4) is 17.1 Å². The van der Waals surface area contributed by atoms with Crippen molar-refractivity contribution < 1.29 is 9.53 Å². The highest BCUT2D eigenvalue weighted by Gasteiger charge is 2.08. The van der Waals surface area contributed by atoms with Gasteiger partial charge in [-0.1, -0.05) is 6.07 Å². The van der Waals surface area contributed by atoms with Crippen molar-refractivity contribution in [2.45, 2.75) is 12.8 Å². The van der Waals surface area contributed by atoms with Crippen LogP contribution in [-0.2, 0) is 11.2 Å². The van der Waals surface area contributed by atoms with Crippen molar-refractivity contribution in [3.63, 3.8) is 0 Å². The number of ether oxygens (including phenoxy) is 1. The monoisotopic (exact) mass is 339 g/mol. The van der Waals surface area contributed by atoms with Crippen LogP contribution in [0.25, 0.3) is 11.4 Å². The molecule has 0 radical (unpaired) electrons. The Labute approximate surface area is 144 Å². The maximum absolute atomic E-state index is 12.0. The smallest absolute Gasteiger partial charge is 0.224 e. The molecule has 3 rings (SSSR count). The van der Waals surface area contributed by atoms with E-state index in [0.717, 1.165) is 27.8 Å². The molecular formula is C18H17N3O2S. The van der Waals surface area contributed by atoms with Gasteiger partial charge in [0.25, 0.3) is 0 Å². The van der Waals surface area contributed by atoms with E-state index in [1.165, 1.54) is 0 Å². The number of benzene rings is 1. The zero-order valence-corrected chi connectivity index (χ0v) is 14.0. The average Bonchev–Trinajstić information content (AvgIpc) is 3.10. The minimum Gasteiger partial charge on any atom is -0.497 e. The molecule has 5 nitrogen and oxygen atoms in total. The van der Waals surface area contributed by atoms with E-state index >= 15 is 0 Å². The first kappa shape index (κ1) is 16.1. The summed E-state index contributed by atoms with van der Waals surface area (Å²) in [6.45, 7) is 0. The van der Waals surface area contributed by atoms with E-state index in [1.807, 2.05) is 47.8 Å². The maximum atomic E-state index is 12.0. The van der Waals surface area contributed by atoms with Gasteiger partial charge in [-0.05, 0) is 36.4 Å².